The third-order valence-corrected chi connectivity index (χ3v) is 3.07. The predicted molar refractivity (Wildman–Crippen MR) is 69.9 cm³/mol. The minimum Gasteiger partial charge on any atom is -0.368 e. The number of amides is 2. The number of halogens is 2. The van der Waals surface area contributed by atoms with Crippen LogP contribution in [0, 0.1) is 9.39 Å². The lowest BCUT2D eigenvalue weighted by Gasteiger charge is -2.19. The van der Waals surface area contributed by atoms with Gasteiger partial charge in [0.05, 0.1) is 12.1 Å². The Bertz CT molecular complexity index is 451. The number of carbonyl (C=O) groups is 2. The fraction of sp³-hybridized carbons (Fsp3) is 0.273. The molecule has 1 rings (SSSR count). The van der Waals surface area contributed by atoms with E-state index in [0.717, 1.165) is 0 Å². The van der Waals surface area contributed by atoms with Crippen LogP contribution in [0.1, 0.15) is 17.3 Å². The van der Waals surface area contributed by atoms with Crippen molar-refractivity contribution in [1.29, 1.82) is 0 Å². The molecule has 2 N–H and O–H groups in total. The molecule has 0 aromatic heterocycles. The van der Waals surface area contributed by atoms with E-state index in [2.05, 4.69) is 0 Å². The molecule has 6 heteroatoms. The molecule has 0 saturated heterocycles. The second kappa shape index (κ2) is 5.95. The van der Waals surface area contributed by atoms with E-state index in [1.807, 2.05) is 22.6 Å². The smallest absolute Gasteiger partial charge is 0.255 e. The molecule has 0 heterocycles. The fourth-order valence-electron chi connectivity index (χ4n) is 1.35. The number of carbonyl (C=O) groups excluding carboxylic acids is 2. The molecule has 1 aromatic carbocycles. The number of likely N-dealkylation sites (N-methyl/N-ethyl adjacent to an activating group) is 1. The number of benzene rings is 1. The molecule has 0 atom stereocenters. The van der Waals surface area contributed by atoms with Crippen LogP contribution in [-0.2, 0) is 4.79 Å². The number of hydrogen-bond acceptors (Lipinski definition) is 2. The molecule has 0 aliphatic heterocycles. The average Bonchev–Trinajstić information content (AvgIpc) is 2.24. The maximum Gasteiger partial charge on any atom is 0.255 e. The van der Waals surface area contributed by atoms with Crippen molar-refractivity contribution < 1.29 is 14.0 Å². The lowest BCUT2D eigenvalue weighted by atomic mass is 10.2. The van der Waals surface area contributed by atoms with Gasteiger partial charge < -0.3 is 10.6 Å². The molecule has 92 valence electrons. The lowest BCUT2D eigenvalue weighted by molar-refractivity contribution is -0.118. The normalized spacial score (nSPS) is 10.1. The summed E-state index contributed by atoms with van der Waals surface area (Å²) in [5, 5.41) is 0. The summed E-state index contributed by atoms with van der Waals surface area (Å²) in [6, 6.07) is 3.89. The van der Waals surface area contributed by atoms with Crippen LogP contribution in [0.2, 0.25) is 0 Å². The Balaban J connectivity index is 2.97. The van der Waals surface area contributed by atoms with Crippen molar-refractivity contribution in [2.45, 2.75) is 6.92 Å². The zero-order chi connectivity index (χ0) is 13.0. The standard InChI is InChI=1S/C11H12FIN2O2/c1-2-15(6-10(14)16)11(17)8-4-3-7(12)5-9(8)13/h3-5H,2,6H2,1H3,(H2,14,16). The summed E-state index contributed by atoms with van der Waals surface area (Å²) in [7, 11) is 0. The number of rotatable bonds is 4. The van der Waals surface area contributed by atoms with Gasteiger partial charge in [0.15, 0.2) is 0 Å². The molecule has 0 saturated carbocycles. The van der Waals surface area contributed by atoms with Gasteiger partial charge in [-0.1, -0.05) is 0 Å². The second-order valence-corrected chi connectivity index (χ2v) is 4.57. The Morgan fingerprint density at radius 1 is 1.47 bits per heavy atom. The molecular weight excluding hydrogens is 338 g/mol. The Morgan fingerprint density at radius 3 is 2.59 bits per heavy atom. The van der Waals surface area contributed by atoms with Gasteiger partial charge in [-0.05, 0) is 47.7 Å². The van der Waals surface area contributed by atoms with Gasteiger partial charge >= 0.3 is 0 Å². The summed E-state index contributed by atoms with van der Waals surface area (Å²) >= 11 is 1.88. The molecule has 1 aromatic rings. The van der Waals surface area contributed by atoms with E-state index in [1.165, 1.54) is 23.1 Å². The maximum atomic E-state index is 12.9. The predicted octanol–water partition coefficient (Wildman–Crippen LogP) is 1.38. The number of primary amides is 1. The fourth-order valence-corrected chi connectivity index (χ4v) is 2.06. The molecule has 0 radical (unpaired) electrons. The third kappa shape index (κ3) is 3.65. The molecular formula is C11H12FIN2O2. The van der Waals surface area contributed by atoms with Gasteiger partial charge in [-0.2, -0.15) is 0 Å². The molecule has 0 aliphatic rings. The molecule has 0 aliphatic carbocycles. The molecule has 2 amide bonds. The Morgan fingerprint density at radius 2 is 2.12 bits per heavy atom. The largest absolute Gasteiger partial charge is 0.368 e. The van der Waals surface area contributed by atoms with Crippen LogP contribution in [0.25, 0.3) is 0 Å². The number of nitrogens with two attached hydrogens (primary N) is 1. The topological polar surface area (TPSA) is 63.4 Å². The molecule has 0 bridgehead atoms. The Hall–Kier alpha value is -1.18. The zero-order valence-electron chi connectivity index (χ0n) is 9.24. The highest BCUT2D eigenvalue weighted by atomic mass is 127. The lowest BCUT2D eigenvalue weighted by Crippen LogP contribution is -2.38. The average molecular weight is 350 g/mol. The molecule has 0 spiro atoms. The van der Waals surface area contributed by atoms with E-state index >= 15 is 0 Å². The van der Waals surface area contributed by atoms with Crippen molar-refractivity contribution in [3.63, 3.8) is 0 Å². The van der Waals surface area contributed by atoms with E-state index in [4.69, 9.17) is 5.73 Å². The maximum absolute atomic E-state index is 12.9. The first-order valence-electron chi connectivity index (χ1n) is 4.98. The monoisotopic (exact) mass is 350 g/mol. The SMILES string of the molecule is CCN(CC(N)=O)C(=O)c1ccc(F)cc1I. The van der Waals surface area contributed by atoms with Crippen LogP contribution in [0.4, 0.5) is 4.39 Å². The Labute approximate surface area is 112 Å². The van der Waals surface area contributed by atoms with E-state index in [9.17, 15) is 14.0 Å². The highest BCUT2D eigenvalue weighted by Crippen LogP contribution is 2.16. The van der Waals surface area contributed by atoms with Gasteiger partial charge in [-0.3, -0.25) is 9.59 Å². The first-order valence-corrected chi connectivity index (χ1v) is 6.06. The minimum absolute atomic E-state index is 0.136. The molecule has 0 unspecified atom stereocenters. The highest BCUT2D eigenvalue weighted by Gasteiger charge is 2.18. The number of hydrogen-bond donors (Lipinski definition) is 1. The summed E-state index contributed by atoms with van der Waals surface area (Å²) in [5.74, 6) is -1.29. The quantitative estimate of drug-likeness (QED) is 0.834. The van der Waals surface area contributed by atoms with Gasteiger partial charge in [-0.15, -0.1) is 0 Å². The van der Waals surface area contributed by atoms with Crippen molar-refractivity contribution in [3.05, 3.63) is 33.1 Å². The summed E-state index contributed by atoms with van der Waals surface area (Å²) in [4.78, 5) is 24.2. The van der Waals surface area contributed by atoms with Gasteiger partial charge in [0, 0.05) is 10.1 Å². The van der Waals surface area contributed by atoms with Crippen LogP contribution in [-0.4, -0.2) is 29.8 Å². The van der Waals surface area contributed by atoms with Crippen molar-refractivity contribution >= 4 is 34.4 Å². The van der Waals surface area contributed by atoms with Gasteiger partial charge in [-0.25, -0.2) is 4.39 Å². The van der Waals surface area contributed by atoms with Gasteiger partial charge in [0.2, 0.25) is 5.91 Å². The highest BCUT2D eigenvalue weighted by molar-refractivity contribution is 14.1. The van der Waals surface area contributed by atoms with E-state index in [-0.39, 0.29) is 12.5 Å². The summed E-state index contributed by atoms with van der Waals surface area (Å²) in [6.45, 7) is 1.98. The Kier molecular flexibility index (Phi) is 4.86. The number of nitrogens with zero attached hydrogens (tertiary/aromatic N) is 1. The molecule has 0 fully saturated rings. The van der Waals surface area contributed by atoms with E-state index in [1.54, 1.807) is 6.92 Å². The van der Waals surface area contributed by atoms with Crippen LogP contribution < -0.4 is 5.73 Å². The molecule has 17 heavy (non-hydrogen) atoms. The van der Waals surface area contributed by atoms with Crippen LogP contribution in [0.3, 0.4) is 0 Å². The van der Waals surface area contributed by atoms with Gasteiger partial charge in [0.25, 0.3) is 5.91 Å². The first-order chi connectivity index (χ1) is 7.95. The second-order valence-electron chi connectivity index (χ2n) is 3.41. The van der Waals surface area contributed by atoms with E-state index in [0.29, 0.717) is 15.7 Å². The van der Waals surface area contributed by atoms with Crippen molar-refractivity contribution in [1.82, 2.24) is 4.90 Å². The van der Waals surface area contributed by atoms with Crippen molar-refractivity contribution in [2.75, 3.05) is 13.1 Å². The molecule has 4 nitrogen and oxygen atoms in total. The van der Waals surface area contributed by atoms with Crippen molar-refractivity contribution in [3.8, 4) is 0 Å². The van der Waals surface area contributed by atoms with Crippen LogP contribution in [0.15, 0.2) is 18.2 Å². The van der Waals surface area contributed by atoms with Crippen molar-refractivity contribution in [2.24, 2.45) is 5.73 Å². The van der Waals surface area contributed by atoms with Gasteiger partial charge in [0.1, 0.15) is 5.82 Å². The van der Waals surface area contributed by atoms with E-state index < -0.39 is 11.7 Å². The summed E-state index contributed by atoms with van der Waals surface area (Å²) < 4.78 is 13.4. The van der Waals surface area contributed by atoms with Crippen LogP contribution >= 0.6 is 22.6 Å². The third-order valence-electron chi connectivity index (χ3n) is 2.18. The zero-order valence-corrected chi connectivity index (χ0v) is 11.4. The first kappa shape index (κ1) is 13.9. The minimum atomic E-state index is -0.572. The summed E-state index contributed by atoms with van der Waals surface area (Å²) in [5.41, 5.74) is 5.42. The summed E-state index contributed by atoms with van der Waals surface area (Å²) in [6.07, 6.45) is 0. The van der Waals surface area contributed by atoms with Crippen LogP contribution in [0.5, 0.6) is 0 Å².